The van der Waals surface area contributed by atoms with Gasteiger partial charge >= 0.3 is 0 Å². The van der Waals surface area contributed by atoms with Crippen LogP contribution < -0.4 is 10.1 Å². The van der Waals surface area contributed by atoms with E-state index in [9.17, 15) is 4.79 Å². The van der Waals surface area contributed by atoms with Gasteiger partial charge in [0.05, 0.1) is 12.3 Å². The summed E-state index contributed by atoms with van der Waals surface area (Å²) in [6, 6.07) is 13.4. The molecule has 1 amide bonds. The highest BCUT2D eigenvalue weighted by molar-refractivity contribution is 6.10. The molecule has 0 bridgehead atoms. The summed E-state index contributed by atoms with van der Waals surface area (Å²) < 4.78 is 11.7. The summed E-state index contributed by atoms with van der Waals surface area (Å²) in [5.74, 6) is 0.773. The molecule has 0 aliphatic carbocycles. The van der Waals surface area contributed by atoms with E-state index in [1.807, 2.05) is 56.3 Å². The number of hydrogen-bond acceptors (Lipinski definition) is 4. The number of unbranched alkanes of at least 4 members (excludes halogenated alkanes) is 1. The zero-order valence-corrected chi connectivity index (χ0v) is 16.9. The maximum absolute atomic E-state index is 13.0. The Kier molecular flexibility index (Phi) is 5.21. The second-order valence-electron chi connectivity index (χ2n) is 7.22. The summed E-state index contributed by atoms with van der Waals surface area (Å²) in [5.41, 5.74) is 4.06. The zero-order chi connectivity index (χ0) is 20.4. The summed E-state index contributed by atoms with van der Waals surface area (Å²) in [4.78, 5) is 17.4. The number of carbonyl (C=O) groups is 1. The number of hydrogen-bond donors (Lipinski definition) is 1. The van der Waals surface area contributed by atoms with Crippen LogP contribution in [0.25, 0.3) is 21.9 Å². The van der Waals surface area contributed by atoms with Crippen LogP contribution in [0.1, 0.15) is 41.4 Å². The Balaban J connectivity index is 1.67. The molecule has 2 aromatic heterocycles. The van der Waals surface area contributed by atoms with Crippen LogP contribution in [0.2, 0.25) is 0 Å². The van der Waals surface area contributed by atoms with Gasteiger partial charge in [-0.25, -0.2) is 0 Å². The van der Waals surface area contributed by atoms with Crippen LogP contribution in [-0.2, 0) is 0 Å². The number of carbonyl (C=O) groups excluding carboxylic acids is 1. The van der Waals surface area contributed by atoms with Crippen LogP contribution in [0.4, 0.5) is 5.69 Å². The number of pyridine rings is 1. The fraction of sp³-hybridized carbons (Fsp3) is 0.250. The Labute approximate surface area is 169 Å². The summed E-state index contributed by atoms with van der Waals surface area (Å²) in [5, 5.41) is 4.77. The molecule has 1 N–H and O–H groups in total. The first-order valence-electron chi connectivity index (χ1n) is 9.90. The molecule has 2 aromatic carbocycles. The lowest BCUT2D eigenvalue weighted by Crippen LogP contribution is -2.12. The molecule has 29 heavy (non-hydrogen) atoms. The first kappa shape index (κ1) is 19.0. The number of aryl methyl sites for hydroxylation is 2. The minimum Gasteiger partial charge on any atom is -0.491 e. The first-order chi connectivity index (χ1) is 14.1. The topological polar surface area (TPSA) is 64.4 Å². The standard InChI is InChI=1S/C24H24N2O3/c1-4-5-13-28-20-11-10-19(18-7-6-12-25-22(18)20)26-24(27)23-16(3)17-9-8-15(2)14-21(17)29-23/h6-12,14H,4-5,13H2,1-3H3,(H,26,27). The third kappa shape index (κ3) is 3.68. The van der Waals surface area contributed by atoms with Crippen molar-refractivity contribution >= 4 is 33.5 Å². The molecule has 4 aromatic rings. The predicted molar refractivity (Wildman–Crippen MR) is 116 cm³/mol. The number of nitrogens with one attached hydrogen (secondary N) is 1. The fourth-order valence-electron chi connectivity index (χ4n) is 3.43. The van der Waals surface area contributed by atoms with Crippen molar-refractivity contribution in [3.05, 3.63) is 65.5 Å². The van der Waals surface area contributed by atoms with Gasteiger partial charge in [0.2, 0.25) is 0 Å². The molecular formula is C24H24N2O3. The van der Waals surface area contributed by atoms with E-state index in [0.717, 1.165) is 51.6 Å². The molecule has 2 heterocycles. The van der Waals surface area contributed by atoms with Crippen molar-refractivity contribution in [2.24, 2.45) is 0 Å². The van der Waals surface area contributed by atoms with E-state index in [2.05, 4.69) is 17.2 Å². The van der Waals surface area contributed by atoms with Gasteiger partial charge in [-0.1, -0.05) is 25.5 Å². The van der Waals surface area contributed by atoms with Gasteiger partial charge in [-0.15, -0.1) is 0 Å². The number of ether oxygens (including phenoxy) is 1. The molecule has 5 nitrogen and oxygen atoms in total. The van der Waals surface area contributed by atoms with Crippen molar-refractivity contribution in [3.63, 3.8) is 0 Å². The highest BCUT2D eigenvalue weighted by Crippen LogP contribution is 2.32. The van der Waals surface area contributed by atoms with Crippen LogP contribution >= 0.6 is 0 Å². The molecule has 0 atom stereocenters. The Morgan fingerprint density at radius 3 is 2.83 bits per heavy atom. The molecule has 148 valence electrons. The third-order valence-corrected chi connectivity index (χ3v) is 5.04. The lowest BCUT2D eigenvalue weighted by atomic mass is 10.1. The fourth-order valence-corrected chi connectivity index (χ4v) is 3.43. The molecule has 0 aliphatic heterocycles. The van der Waals surface area contributed by atoms with E-state index < -0.39 is 0 Å². The average Bonchev–Trinajstić information content (AvgIpc) is 3.05. The van der Waals surface area contributed by atoms with Gasteiger partial charge in [-0.3, -0.25) is 9.78 Å². The minimum absolute atomic E-state index is 0.277. The zero-order valence-electron chi connectivity index (χ0n) is 16.9. The molecule has 0 saturated carbocycles. The molecule has 0 fully saturated rings. The third-order valence-electron chi connectivity index (χ3n) is 5.04. The van der Waals surface area contributed by atoms with Gasteiger partial charge in [0.25, 0.3) is 5.91 Å². The van der Waals surface area contributed by atoms with Crippen LogP contribution in [0, 0.1) is 13.8 Å². The van der Waals surface area contributed by atoms with Crippen LogP contribution in [-0.4, -0.2) is 17.5 Å². The average molecular weight is 388 g/mol. The summed E-state index contributed by atoms with van der Waals surface area (Å²) >= 11 is 0. The summed E-state index contributed by atoms with van der Waals surface area (Å²) in [6.07, 6.45) is 3.78. The Hall–Kier alpha value is -3.34. The number of fused-ring (bicyclic) bond motifs is 2. The largest absolute Gasteiger partial charge is 0.491 e. The van der Waals surface area contributed by atoms with Gasteiger partial charge in [0.15, 0.2) is 5.76 Å². The van der Waals surface area contributed by atoms with Crippen LogP contribution in [0.15, 0.2) is 53.1 Å². The van der Waals surface area contributed by atoms with Gasteiger partial charge in [0, 0.05) is 22.5 Å². The quantitative estimate of drug-likeness (QED) is 0.410. The van der Waals surface area contributed by atoms with Gasteiger partial charge < -0.3 is 14.5 Å². The molecule has 5 heteroatoms. The van der Waals surface area contributed by atoms with Crippen LogP contribution in [0.3, 0.4) is 0 Å². The monoisotopic (exact) mass is 388 g/mol. The highest BCUT2D eigenvalue weighted by Gasteiger charge is 2.19. The van der Waals surface area contributed by atoms with E-state index in [0.29, 0.717) is 18.1 Å². The van der Waals surface area contributed by atoms with Crippen molar-refractivity contribution in [1.29, 1.82) is 0 Å². The summed E-state index contributed by atoms with van der Waals surface area (Å²) in [6.45, 7) is 6.67. The van der Waals surface area contributed by atoms with Crippen LogP contribution in [0.5, 0.6) is 5.75 Å². The molecule has 4 rings (SSSR count). The van der Waals surface area contributed by atoms with E-state index in [1.165, 1.54) is 0 Å². The molecular weight excluding hydrogens is 364 g/mol. The lowest BCUT2D eigenvalue weighted by Gasteiger charge is -2.12. The normalized spacial score (nSPS) is 11.1. The number of rotatable bonds is 6. The van der Waals surface area contributed by atoms with Gasteiger partial charge in [-0.05, 0) is 56.2 Å². The molecule has 0 spiro atoms. The van der Waals surface area contributed by atoms with E-state index in [1.54, 1.807) is 6.20 Å². The molecule has 0 unspecified atom stereocenters. The van der Waals surface area contributed by atoms with Crippen molar-refractivity contribution in [3.8, 4) is 5.75 Å². The number of aromatic nitrogens is 1. The number of nitrogens with zero attached hydrogens (tertiary/aromatic N) is 1. The Bertz CT molecular complexity index is 1190. The molecule has 0 saturated heterocycles. The van der Waals surface area contributed by atoms with Crippen molar-refractivity contribution < 1.29 is 13.9 Å². The highest BCUT2D eigenvalue weighted by atomic mass is 16.5. The van der Waals surface area contributed by atoms with Gasteiger partial charge in [-0.2, -0.15) is 0 Å². The number of benzene rings is 2. The maximum Gasteiger partial charge on any atom is 0.291 e. The molecule has 0 aliphatic rings. The van der Waals surface area contributed by atoms with Crippen molar-refractivity contribution in [2.75, 3.05) is 11.9 Å². The minimum atomic E-state index is -0.277. The van der Waals surface area contributed by atoms with Gasteiger partial charge in [0.1, 0.15) is 16.8 Å². The summed E-state index contributed by atoms with van der Waals surface area (Å²) in [7, 11) is 0. The van der Waals surface area contributed by atoms with E-state index in [4.69, 9.17) is 9.15 Å². The Morgan fingerprint density at radius 1 is 1.14 bits per heavy atom. The molecule has 0 radical (unpaired) electrons. The number of anilines is 1. The number of amides is 1. The smallest absolute Gasteiger partial charge is 0.291 e. The SMILES string of the molecule is CCCCOc1ccc(NC(=O)c2oc3cc(C)ccc3c2C)c2cccnc12. The second kappa shape index (κ2) is 7.95. The maximum atomic E-state index is 13.0. The number of furan rings is 1. The lowest BCUT2D eigenvalue weighted by molar-refractivity contribution is 0.0998. The Morgan fingerprint density at radius 2 is 2.00 bits per heavy atom. The van der Waals surface area contributed by atoms with E-state index in [-0.39, 0.29) is 5.91 Å². The van der Waals surface area contributed by atoms with Crippen molar-refractivity contribution in [1.82, 2.24) is 4.98 Å². The van der Waals surface area contributed by atoms with Crippen molar-refractivity contribution in [2.45, 2.75) is 33.6 Å². The van der Waals surface area contributed by atoms with E-state index >= 15 is 0 Å². The predicted octanol–water partition coefficient (Wildman–Crippen LogP) is 6.03. The second-order valence-corrected chi connectivity index (χ2v) is 7.22. The first-order valence-corrected chi connectivity index (χ1v) is 9.90.